The van der Waals surface area contributed by atoms with Gasteiger partial charge in [-0.1, -0.05) is 99.7 Å². The van der Waals surface area contributed by atoms with E-state index in [0.29, 0.717) is 5.92 Å². The van der Waals surface area contributed by atoms with Gasteiger partial charge in [0.25, 0.3) is 0 Å². The maximum Gasteiger partial charge on any atom is 0.0214 e. The molecule has 0 amide bonds. The second kappa shape index (κ2) is 12.7. The van der Waals surface area contributed by atoms with Crippen LogP contribution < -0.4 is 5.32 Å². The van der Waals surface area contributed by atoms with E-state index in [-0.39, 0.29) is 5.48 Å². The topological polar surface area (TPSA) is 43.5 Å². The highest BCUT2D eigenvalue weighted by Crippen LogP contribution is 2.23. The van der Waals surface area contributed by atoms with Gasteiger partial charge >= 0.3 is 0 Å². The normalized spacial score (nSPS) is 10.6. The van der Waals surface area contributed by atoms with Gasteiger partial charge in [-0.25, -0.2) is 0 Å². The van der Waals surface area contributed by atoms with E-state index in [1.54, 1.807) is 0 Å². The lowest BCUT2D eigenvalue weighted by molar-refractivity contribution is 0.560. The number of benzene rings is 2. The van der Waals surface area contributed by atoms with Gasteiger partial charge in [0, 0.05) is 12.5 Å². The maximum absolute atomic E-state index is 3.67. The zero-order chi connectivity index (χ0) is 16.2. The zero-order valence-electron chi connectivity index (χ0n) is 15.0. The number of hydrogen-bond donors (Lipinski definition) is 1. The summed E-state index contributed by atoms with van der Waals surface area (Å²) in [6, 6.07) is 21.7. The van der Waals surface area contributed by atoms with Crippen LogP contribution in [0.4, 0.5) is 0 Å². The molecule has 0 aliphatic carbocycles. The number of unbranched alkanes of at least 4 members (excludes halogenated alkanes) is 5. The third kappa shape index (κ3) is 7.29. The van der Waals surface area contributed by atoms with Crippen molar-refractivity contribution in [2.75, 3.05) is 13.1 Å². The van der Waals surface area contributed by atoms with E-state index in [1.807, 2.05) is 0 Å². The summed E-state index contributed by atoms with van der Waals surface area (Å²) in [5.41, 5.74) is 2.79. The molecule has 0 spiro atoms. The molecule has 2 nitrogen and oxygen atoms in total. The van der Waals surface area contributed by atoms with Crippen molar-refractivity contribution >= 4 is 0 Å². The average molecular weight is 328 g/mol. The van der Waals surface area contributed by atoms with Crippen LogP contribution in [0.3, 0.4) is 0 Å². The molecule has 2 aromatic carbocycles. The third-order valence-corrected chi connectivity index (χ3v) is 4.46. The molecular formula is C22H33NO. The van der Waals surface area contributed by atoms with Crippen LogP contribution in [-0.4, -0.2) is 18.6 Å². The lowest BCUT2D eigenvalue weighted by Crippen LogP contribution is -2.23. The Balaban J connectivity index is 0.00000288. The maximum atomic E-state index is 3.67. The van der Waals surface area contributed by atoms with Gasteiger partial charge in [0.05, 0.1) is 0 Å². The third-order valence-electron chi connectivity index (χ3n) is 4.46. The van der Waals surface area contributed by atoms with E-state index in [0.717, 1.165) is 13.1 Å². The SMILES string of the molecule is CCCCCCCCNCC(c1ccccc1)c1ccccc1.O. The Kier molecular flexibility index (Phi) is 10.8. The quantitative estimate of drug-likeness (QED) is 0.583. The highest BCUT2D eigenvalue weighted by Gasteiger charge is 2.12. The second-order valence-corrected chi connectivity index (χ2v) is 6.35. The summed E-state index contributed by atoms with van der Waals surface area (Å²) in [7, 11) is 0. The summed E-state index contributed by atoms with van der Waals surface area (Å²) in [5, 5.41) is 3.67. The molecule has 0 bridgehead atoms. The van der Waals surface area contributed by atoms with Crippen molar-refractivity contribution in [1.29, 1.82) is 0 Å². The molecule has 0 fully saturated rings. The van der Waals surface area contributed by atoms with Gasteiger partial charge in [0.15, 0.2) is 0 Å². The highest BCUT2D eigenvalue weighted by molar-refractivity contribution is 5.32. The molecular weight excluding hydrogens is 294 g/mol. The molecule has 0 aliphatic rings. The van der Waals surface area contributed by atoms with Gasteiger partial charge < -0.3 is 10.8 Å². The van der Waals surface area contributed by atoms with Gasteiger partial charge in [0.1, 0.15) is 0 Å². The molecule has 2 heteroatoms. The minimum atomic E-state index is 0. The van der Waals surface area contributed by atoms with Crippen LogP contribution in [0.5, 0.6) is 0 Å². The minimum Gasteiger partial charge on any atom is -0.412 e. The van der Waals surface area contributed by atoms with Gasteiger partial charge in [0.2, 0.25) is 0 Å². The summed E-state index contributed by atoms with van der Waals surface area (Å²) >= 11 is 0. The van der Waals surface area contributed by atoms with E-state index < -0.39 is 0 Å². The molecule has 132 valence electrons. The van der Waals surface area contributed by atoms with Crippen LogP contribution >= 0.6 is 0 Å². The summed E-state index contributed by atoms with van der Waals surface area (Å²) in [4.78, 5) is 0. The van der Waals surface area contributed by atoms with Crippen molar-refractivity contribution in [1.82, 2.24) is 5.32 Å². The van der Waals surface area contributed by atoms with E-state index in [4.69, 9.17) is 0 Å². The fourth-order valence-electron chi connectivity index (χ4n) is 3.08. The molecule has 0 saturated carbocycles. The molecule has 0 saturated heterocycles. The standard InChI is InChI=1S/C22H31N.H2O/c1-2-3-4-5-6-13-18-23-19-22(20-14-9-7-10-15-20)21-16-11-8-12-17-21;/h7-12,14-17,22-23H,2-6,13,18-19H2,1H3;1H2. The van der Waals surface area contributed by atoms with Crippen molar-refractivity contribution in [2.24, 2.45) is 0 Å². The fourth-order valence-corrected chi connectivity index (χ4v) is 3.08. The van der Waals surface area contributed by atoms with E-state index in [2.05, 4.69) is 72.9 Å². The molecule has 0 unspecified atom stereocenters. The lowest BCUT2D eigenvalue weighted by Gasteiger charge is -2.19. The molecule has 3 N–H and O–H groups in total. The Hall–Kier alpha value is -1.64. The molecule has 2 aromatic rings. The summed E-state index contributed by atoms with van der Waals surface area (Å²) < 4.78 is 0. The Bertz CT molecular complexity index is 473. The van der Waals surface area contributed by atoms with Crippen LogP contribution in [0.2, 0.25) is 0 Å². The first-order valence-electron chi connectivity index (χ1n) is 9.22. The first-order valence-corrected chi connectivity index (χ1v) is 9.22. The fraction of sp³-hybridized carbons (Fsp3) is 0.455. The van der Waals surface area contributed by atoms with Crippen LogP contribution in [0, 0.1) is 0 Å². The van der Waals surface area contributed by atoms with Crippen LogP contribution in [0.1, 0.15) is 62.5 Å². The second-order valence-electron chi connectivity index (χ2n) is 6.35. The van der Waals surface area contributed by atoms with Crippen LogP contribution in [-0.2, 0) is 0 Å². The number of hydrogen-bond acceptors (Lipinski definition) is 1. The van der Waals surface area contributed by atoms with Crippen LogP contribution in [0.15, 0.2) is 60.7 Å². The van der Waals surface area contributed by atoms with Crippen molar-refractivity contribution in [3.8, 4) is 0 Å². The molecule has 0 aromatic heterocycles. The van der Waals surface area contributed by atoms with Crippen molar-refractivity contribution < 1.29 is 5.48 Å². The Morgan fingerprint density at radius 1 is 0.708 bits per heavy atom. The van der Waals surface area contributed by atoms with Crippen molar-refractivity contribution in [3.05, 3.63) is 71.8 Å². The predicted molar refractivity (Wildman–Crippen MR) is 105 cm³/mol. The average Bonchev–Trinajstić information content (AvgIpc) is 2.62. The summed E-state index contributed by atoms with van der Waals surface area (Å²) in [6.07, 6.45) is 8.14. The van der Waals surface area contributed by atoms with Crippen molar-refractivity contribution in [3.63, 3.8) is 0 Å². The van der Waals surface area contributed by atoms with Crippen LogP contribution in [0.25, 0.3) is 0 Å². The Morgan fingerprint density at radius 3 is 1.75 bits per heavy atom. The number of nitrogens with one attached hydrogen (secondary N) is 1. The van der Waals surface area contributed by atoms with Gasteiger partial charge in [-0.15, -0.1) is 0 Å². The zero-order valence-corrected chi connectivity index (χ0v) is 15.0. The molecule has 0 radical (unpaired) electrons. The summed E-state index contributed by atoms with van der Waals surface area (Å²) in [6.45, 7) is 4.42. The lowest BCUT2D eigenvalue weighted by atomic mass is 9.91. The molecule has 0 aliphatic heterocycles. The number of rotatable bonds is 11. The van der Waals surface area contributed by atoms with Crippen molar-refractivity contribution in [2.45, 2.75) is 51.4 Å². The first-order chi connectivity index (χ1) is 11.4. The Morgan fingerprint density at radius 2 is 1.21 bits per heavy atom. The van der Waals surface area contributed by atoms with E-state index in [9.17, 15) is 0 Å². The molecule has 2 rings (SSSR count). The van der Waals surface area contributed by atoms with Gasteiger partial charge in [-0.3, -0.25) is 0 Å². The molecule has 0 atom stereocenters. The Labute approximate surface area is 147 Å². The monoisotopic (exact) mass is 327 g/mol. The molecule has 24 heavy (non-hydrogen) atoms. The first kappa shape index (κ1) is 20.4. The smallest absolute Gasteiger partial charge is 0.0214 e. The minimum absolute atomic E-state index is 0. The van der Waals surface area contributed by atoms with E-state index >= 15 is 0 Å². The summed E-state index contributed by atoms with van der Waals surface area (Å²) in [5.74, 6) is 0.442. The van der Waals surface area contributed by atoms with E-state index in [1.165, 1.54) is 49.7 Å². The molecule has 0 heterocycles. The predicted octanol–water partition coefficient (Wildman–Crippen LogP) is 4.94. The largest absolute Gasteiger partial charge is 0.412 e. The van der Waals surface area contributed by atoms with Gasteiger partial charge in [-0.05, 0) is 24.1 Å². The highest BCUT2D eigenvalue weighted by atomic mass is 16.0. The van der Waals surface area contributed by atoms with Gasteiger partial charge in [-0.2, -0.15) is 0 Å².